The van der Waals surface area contributed by atoms with E-state index in [1.807, 2.05) is 4.90 Å². The van der Waals surface area contributed by atoms with Crippen LogP contribution in [0.15, 0.2) is 24.3 Å². The van der Waals surface area contributed by atoms with Crippen molar-refractivity contribution in [2.75, 3.05) is 31.1 Å². The van der Waals surface area contributed by atoms with Crippen molar-refractivity contribution in [3.05, 3.63) is 29.8 Å². The van der Waals surface area contributed by atoms with Crippen LogP contribution in [0.25, 0.3) is 0 Å². The Hall–Kier alpha value is -1.71. The molecule has 126 valence electrons. The van der Waals surface area contributed by atoms with Gasteiger partial charge in [-0.25, -0.2) is 4.79 Å². The van der Waals surface area contributed by atoms with Gasteiger partial charge in [-0.2, -0.15) is 0 Å². The molecule has 2 fully saturated rings. The summed E-state index contributed by atoms with van der Waals surface area (Å²) >= 11 is 0. The Kier molecular flexibility index (Phi) is 5.09. The minimum Gasteiger partial charge on any atom is -0.368 e. The van der Waals surface area contributed by atoms with E-state index < -0.39 is 0 Å². The molecular formula is C19H29N3O. The third-order valence-electron chi connectivity index (χ3n) is 5.35. The summed E-state index contributed by atoms with van der Waals surface area (Å²) in [5.74, 6) is 0.612. The Bertz CT molecular complexity index is 537. The van der Waals surface area contributed by atoms with E-state index in [0.717, 1.165) is 32.6 Å². The summed E-state index contributed by atoms with van der Waals surface area (Å²) in [6, 6.07) is 9.11. The number of carbonyl (C=O) groups is 1. The van der Waals surface area contributed by atoms with E-state index in [-0.39, 0.29) is 6.03 Å². The SMILES string of the molecule is Cc1cccc(N2CCN(C(=O)NC3CCCCC3C)CC2)c1. The highest BCUT2D eigenvalue weighted by atomic mass is 16.2. The Balaban J connectivity index is 1.51. The van der Waals surface area contributed by atoms with Gasteiger partial charge in [0.1, 0.15) is 0 Å². The first-order valence-corrected chi connectivity index (χ1v) is 9.00. The minimum absolute atomic E-state index is 0.132. The lowest BCUT2D eigenvalue weighted by Gasteiger charge is -2.38. The molecule has 1 aromatic rings. The number of rotatable bonds is 2. The number of hydrogen-bond acceptors (Lipinski definition) is 2. The van der Waals surface area contributed by atoms with Gasteiger partial charge < -0.3 is 15.1 Å². The van der Waals surface area contributed by atoms with Crippen molar-refractivity contribution < 1.29 is 4.79 Å². The maximum Gasteiger partial charge on any atom is 0.317 e. The molecule has 3 rings (SSSR count). The third kappa shape index (κ3) is 3.98. The van der Waals surface area contributed by atoms with Crippen molar-refractivity contribution in [3.8, 4) is 0 Å². The number of nitrogens with one attached hydrogen (secondary N) is 1. The highest BCUT2D eigenvalue weighted by Crippen LogP contribution is 2.24. The van der Waals surface area contributed by atoms with Crippen molar-refractivity contribution in [2.24, 2.45) is 5.92 Å². The average molecular weight is 315 g/mol. The molecule has 4 heteroatoms. The smallest absolute Gasteiger partial charge is 0.317 e. The average Bonchev–Trinajstić information content (AvgIpc) is 2.57. The second-order valence-corrected chi connectivity index (χ2v) is 7.13. The van der Waals surface area contributed by atoms with Crippen molar-refractivity contribution >= 4 is 11.7 Å². The number of nitrogens with zero attached hydrogens (tertiary/aromatic N) is 2. The maximum atomic E-state index is 12.5. The molecule has 23 heavy (non-hydrogen) atoms. The van der Waals surface area contributed by atoms with Crippen molar-refractivity contribution in [3.63, 3.8) is 0 Å². The largest absolute Gasteiger partial charge is 0.368 e. The third-order valence-corrected chi connectivity index (χ3v) is 5.35. The van der Waals surface area contributed by atoms with Crippen LogP contribution in [0.3, 0.4) is 0 Å². The van der Waals surface area contributed by atoms with Gasteiger partial charge in [-0.1, -0.05) is 31.9 Å². The van der Waals surface area contributed by atoms with Crippen LogP contribution in [0, 0.1) is 12.8 Å². The molecule has 1 saturated carbocycles. The van der Waals surface area contributed by atoms with E-state index >= 15 is 0 Å². The topological polar surface area (TPSA) is 35.6 Å². The van der Waals surface area contributed by atoms with Crippen LogP contribution in [-0.4, -0.2) is 43.2 Å². The zero-order chi connectivity index (χ0) is 16.2. The van der Waals surface area contributed by atoms with E-state index in [1.165, 1.54) is 30.5 Å². The van der Waals surface area contributed by atoms with Gasteiger partial charge in [-0.05, 0) is 43.4 Å². The van der Waals surface area contributed by atoms with Gasteiger partial charge in [0.05, 0.1) is 0 Å². The van der Waals surface area contributed by atoms with Crippen LogP contribution in [0.2, 0.25) is 0 Å². The van der Waals surface area contributed by atoms with Crippen molar-refractivity contribution in [2.45, 2.75) is 45.6 Å². The highest BCUT2D eigenvalue weighted by Gasteiger charge is 2.26. The Morgan fingerprint density at radius 1 is 1.13 bits per heavy atom. The first-order chi connectivity index (χ1) is 11.1. The molecule has 2 amide bonds. The Morgan fingerprint density at radius 3 is 2.57 bits per heavy atom. The van der Waals surface area contributed by atoms with Crippen molar-refractivity contribution in [1.82, 2.24) is 10.2 Å². The summed E-state index contributed by atoms with van der Waals surface area (Å²) < 4.78 is 0. The second kappa shape index (κ2) is 7.24. The first-order valence-electron chi connectivity index (χ1n) is 9.00. The summed E-state index contributed by atoms with van der Waals surface area (Å²) in [6.45, 7) is 7.83. The van der Waals surface area contributed by atoms with Gasteiger partial charge in [0.2, 0.25) is 0 Å². The predicted molar refractivity (Wildman–Crippen MR) is 94.9 cm³/mol. The first kappa shape index (κ1) is 16.2. The number of aryl methyl sites for hydroxylation is 1. The molecule has 1 heterocycles. The number of piperazine rings is 1. The van der Waals surface area contributed by atoms with Crippen LogP contribution >= 0.6 is 0 Å². The number of benzene rings is 1. The Morgan fingerprint density at radius 2 is 1.87 bits per heavy atom. The van der Waals surface area contributed by atoms with E-state index in [4.69, 9.17) is 0 Å². The van der Waals surface area contributed by atoms with E-state index in [9.17, 15) is 4.79 Å². The van der Waals surface area contributed by atoms with Crippen LogP contribution in [0.4, 0.5) is 10.5 Å². The molecule has 1 aliphatic heterocycles. The lowest BCUT2D eigenvalue weighted by atomic mass is 9.86. The summed E-state index contributed by atoms with van der Waals surface area (Å²) in [4.78, 5) is 16.9. The minimum atomic E-state index is 0.132. The number of anilines is 1. The molecule has 1 aromatic carbocycles. The molecule has 2 unspecified atom stereocenters. The predicted octanol–water partition coefficient (Wildman–Crippen LogP) is 3.41. The van der Waals surface area contributed by atoms with Crippen LogP contribution in [0.1, 0.15) is 38.2 Å². The summed E-state index contributed by atoms with van der Waals surface area (Å²) in [6.07, 6.45) is 4.93. The van der Waals surface area contributed by atoms with Crippen LogP contribution in [0.5, 0.6) is 0 Å². The fourth-order valence-electron chi connectivity index (χ4n) is 3.77. The normalized spacial score (nSPS) is 25.3. The molecule has 2 atom stereocenters. The van der Waals surface area contributed by atoms with Gasteiger partial charge >= 0.3 is 6.03 Å². The molecular weight excluding hydrogens is 286 g/mol. The van der Waals surface area contributed by atoms with Gasteiger partial charge in [-0.3, -0.25) is 0 Å². The molecule has 0 bridgehead atoms. The molecule has 0 radical (unpaired) electrons. The summed E-state index contributed by atoms with van der Waals surface area (Å²) in [7, 11) is 0. The molecule has 1 saturated heterocycles. The van der Waals surface area contributed by atoms with Gasteiger partial charge in [0.15, 0.2) is 0 Å². The lowest BCUT2D eigenvalue weighted by molar-refractivity contribution is 0.179. The highest BCUT2D eigenvalue weighted by molar-refractivity contribution is 5.75. The van der Waals surface area contributed by atoms with E-state index in [1.54, 1.807) is 0 Å². The van der Waals surface area contributed by atoms with Gasteiger partial charge in [0, 0.05) is 37.9 Å². The second-order valence-electron chi connectivity index (χ2n) is 7.13. The van der Waals surface area contributed by atoms with Crippen LogP contribution < -0.4 is 10.2 Å². The standard InChI is InChI=1S/C19H29N3O/c1-15-6-5-8-17(14-15)21-10-12-22(13-11-21)19(23)20-18-9-4-3-7-16(18)2/h5-6,8,14,16,18H,3-4,7,9-13H2,1-2H3,(H,20,23). The molecule has 4 nitrogen and oxygen atoms in total. The fraction of sp³-hybridized carbons (Fsp3) is 0.632. The monoisotopic (exact) mass is 315 g/mol. The molecule has 1 aliphatic carbocycles. The zero-order valence-electron chi connectivity index (χ0n) is 14.4. The summed E-state index contributed by atoms with van der Waals surface area (Å²) in [5, 5.41) is 3.27. The number of urea groups is 1. The summed E-state index contributed by atoms with van der Waals surface area (Å²) in [5.41, 5.74) is 2.56. The number of carbonyl (C=O) groups excluding carboxylic acids is 1. The van der Waals surface area contributed by atoms with Gasteiger partial charge in [0.25, 0.3) is 0 Å². The molecule has 2 aliphatic rings. The lowest BCUT2D eigenvalue weighted by Crippen LogP contribution is -2.54. The molecule has 1 N–H and O–H groups in total. The quantitative estimate of drug-likeness (QED) is 0.908. The number of amides is 2. The zero-order valence-corrected chi connectivity index (χ0v) is 14.4. The van der Waals surface area contributed by atoms with E-state index in [0.29, 0.717) is 12.0 Å². The Labute approximate surface area is 139 Å². The van der Waals surface area contributed by atoms with E-state index in [2.05, 4.69) is 48.3 Å². The number of hydrogen-bond donors (Lipinski definition) is 1. The molecule has 0 aromatic heterocycles. The van der Waals surface area contributed by atoms with Crippen LogP contribution in [-0.2, 0) is 0 Å². The maximum absolute atomic E-state index is 12.5. The fourth-order valence-corrected chi connectivity index (χ4v) is 3.77. The van der Waals surface area contributed by atoms with Gasteiger partial charge in [-0.15, -0.1) is 0 Å². The molecule has 0 spiro atoms. The van der Waals surface area contributed by atoms with Crippen molar-refractivity contribution in [1.29, 1.82) is 0 Å².